The van der Waals surface area contributed by atoms with E-state index in [-0.39, 0.29) is 5.60 Å². The molecule has 0 radical (unpaired) electrons. The SMILES string of the molecule is COC1(Cn2ccnc2NC2CCCC2)CCOC1. The monoisotopic (exact) mass is 265 g/mol. The van der Waals surface area contributed by atoms with Gasteiger partial charge in [-0.25, -0.2) is 4.98 Å². The van der Waals surface area contributed by atoms with Gasteiger partial charge < -0.3 is 19.4 Å². The Labute approximate surface area is 114 Å². The molecule has 19 heavy (non-hydrogen) atoms. The van der Waals surface area contributed by atoms with E-state index in [4.69, 9.17) is 9.47 Å². The number of imidazole rings is 1. The molecule has 0 spiro atoms. The van der Waals surface area contributed by atoms with Gasteiger partial charge in [0.1, 0.15) is 5.60 Å². The molecule has 1 aromatic rings. The molecule has 3 rings (SSSR count). The fraction of sp³-hybridized carbons (Fsp3) is 0.786. The molecule has 5 heteroatoms. The molecule has 5 nitrogen and oxygen atoms in total. The van der Waals surface area contributed by atoms with Crippen molar-refractivity contribution in [3.8, 4) is 0 Å². The summed E-state index contributed by atoms with van der Waals surface area (Å²) in [5, 5.41) is 3.56. The van der Waals surface area contributed by atoms with Crippen molar-refractivity contribution in [2.45, 2.75) is 50.3 Å². The van der Waals surface area contributed by atoms with Crippen LogP contribution in [-0.4, -0.2) is 41.5 Å². The van der Waals surface area contributed by atoms with Crippen LogP contribution in [0.15, 0.2) is 12.4 Å². The highest BCUT2D eigenvalue weighted by atomic mass is 16.5. The van der Waals surface area contributed by atoms with E-state index in [0.717, 1.165) is 25.5 Å². The minimum Gasteiger partial charge on any atom is -0.378 e. The quantitative estimate of drug-likeness (QED) is 0.885. The van der Waals surface area contributed by atoms with Crippen molar-refractivity contribution in [1.82, 2.24) is 9.55 Å². The second kappa shape index (κ2) is 5.51. The maximum absolute atomic E-state index is 5.70. The molecule has 2 fully saturated rings. The van der Waals surface area contributed by atoms with Crippen molar-refractivity contribution in [3.05, 3.63) is 12.4 Å². The molecule has 0 amide bonds. The van der Waals surface area contributed by atoms with Crippen LogP contribution in [0.5, 0.6) is 0 Å². The normalized spacial score (nSPS) is 28.1. The van der Waals surface area contributed by atoms with Crippen molar-refractivity contribution in [2.75, 3.05) is 25.6 Å². The molecule has 0 bridgehead atoms. The Hall–Kier alpha value is -1.07. The van der Waals surface area contributed by atoms with Crippen LogP contribution < -0.4 is 5.32 Å². The first-order chi connectivity index (χ1) is 9.31. The molecule has 0 aromatic carbocycles. The third-order valence-corrected chi connectivity index (χ3v) is 4.36. The van der Waals surface area contributed by atoms with Crippen LogP contribution in [-0.2, 0) is 16.0 Å². The van der Waals surface area contributed by atoms with E-state index < -0.39 is 0 Å². The minimum atomic E-state index is -0.188. The fourth-order valence-corrected chi connectivity index (χ4v) is 3.08. The van der Waals surface area contributed by atoms with Crippen molar-refractivity contribution in [3.63, 3.8) is 0 Å². The molecule has 1 unspecified atom stereocenters. The first kappa shape index (κ1) is 12.9. The Kier molecular flexibility index (Phi) is 3.75. The molecular weight excluding hydrogens is 242 g/mol. The van der Waals surface area contributed by atoms with Crippen LogP contribution in [0.25, 0.3) is 0 Å². The zero-order valence-electron chi connectivity index (χ0n) is 11.6. The summed E-state index contributed by atoms with van der Waals surface area (Å²) in [4.78, 5) is 4.44. The Bertz CT molecular complexity index is 407. The zero-order valence-corrected chi connectivity index (χ0v) is 11.6. The molecule has 106 valence electrons. The first-order valence-corrected chi connectivity index (χ1v) is 7.22. The average Bonchev–Trinajstić information content (AvgIpc) is 3.14. The predicted octanol–water partition coefficient (Wildman–Crippen LogP) is 2.04. The number of hydrogen-bond acceptors (Lipinski definition) is 4. The van der Waals surface area contributed by atoms with Crippen LogP contribution >= 0.6 is 0 Å². The molecule has 1 N–H and O–H groups in total. The summed E-state index contributed by atoms with van der Waals surface area (Å²) in [6.07, 6.45) is 10.00. The number of anilines is 1. The van der Waals surface area contributed by atoms with Gasteiger partial charge in [-0.1, -0.05) is 12.8 Å². The predicted molar refractivity (Wildman–Crippen MR) is 73.3 cm³/mol. The number of nitrogens with one attached hydrogen (secondary N) is 1. The van der Waals surface area contributed by atoms with Gasteiger partial charge in [-0.2, -0.15) is 0 Å². The first-order valence-electron chi connectivity index (χ1n) is 7.22. The Morgan fingerprint density at radius 1 is 1.53 bits per heavy atom. The molecule has 1 saturated heterocycles. The van der Waals surface area contributed by atoms with Gasteiger partial charge in [0.05, 0.1) is 13.2 Å². The Morgan fingerprint density at radius 3 is 3.05 bits per heavy atom. The van der Waals surface area contributed by atoms with Gasteiger partial charge in [-0.05, 0) is 12.8 Å². The lowest BCUT2D eigenvalue weighted by Crippen LogP contribution is -2.37. The Morgan fingerprint density at radius 2 is 2.37 bits per heavy atom. The lowest BCUT2D eigenvalue weighted by Gasteiger charge is -2.27. The van der Waals surface area contributed by atoms with Crippen molar-refractivity contribution >= 4 is 5.95 Å². The third kappa shape index (κ3) is 2.77. The fourth-order valence-electron chi connectivity index (χ4n) is 3.08. The number of methoxy groups -OCH3 is 1. The summed E-state index contributed by atoms with van der Waals surface area (Å²) in [5.41, 5.74) is -0.188. The highest BCUT2D eigenvalue weighted by molar-refractivity contribution is 5.28. The highest BCUT2D eigenvalue weighted by Gasteiger charge is 2.36. The summed E-state index contributed by atoms with van der Waals surface area (Å²) >= 11 is 0. The number of aromatic nitrogens is 2. The largest absolute Gasteiger partial charge is 0.378 e. The summed E-state index contributed by atoms with van der Waals surface area (Å²) in [7, 11) is 1.77. The van der Waals surface area contributed by atoms with Crippen LogP contribution in [0, 0.1) is 0 Å². The summed E-state index contributed by atoms with van der Waals surface area (Å²) in [5.74, 6) is 0.968. The van der Waals surface area contributed by atoms with Crippen LogP contribution in [0.4, 0.5) is 5.95 Å². The molecule has 2 heterocycles. The molecule has 2 aliphatic rings. The van der Waals surface area contributed by atoms with E-state index in [2.05, 4.69) is 14.9 Å². The van der Waals surface area contributed by atoms with Gasteiger partial charge in [-0.15, -0.1) is 0 Å². The van der Waals surface area contributed by atoms with E-state index in [1.54, 1.807) is 7.11 Å². The minimum absolute atomic E-state index is 0.188. The molecule has 1 aliphatic carbocycles. The van der Waals surface area contributed by atoms with Gasteiger partial charge in [-0.3, -0.25) is 0 Å². The lowest BCUT2D eigenvalue weighted by molar-refractivity contribution is -0.0291. The van der Waals surface area contributed by atoms with Gasteiger partial charge in [0.15, 0.2) is 0 Å². The highest BCUT2D eigenvalue weighted by Crippen LogP contribution is 2.27. The van der Waals surface area contributed by atoms with E-state index in [1.807, 2.05) is 12.4 Å². The van der Waals surface area contributed by atoms with E-state index in [1.165, 1.54) is 25.7 Å². The molecule has 1 atom stereocenters. The topological polar surface area (TPSA) is 48.3 Å². The molecule has 1 aromatic heterocycles. The molecule has 1 aliphatic heterocycles. The maximum atomic E-state index is 5.70. The number of rotatable bonds is 5. The van der Waals surface area contributed by atoms with Crippen molar-refractivity contribution in [2.24, 2.45) is 0 Å². The van der Waals surface area contributed by atoms with Crippen molar-refractivity contribution in [1.29, 1.82) is 0 Å². The number of ether oxygens (including phenoxy) is 2. The van der Waals surface area contributed by atoms with E-state index in [9.17, 15) is 0 Å². The Balaban J connectivity index is 1.68. The standard InChI is InChI=1S/C14H23N3O2/c1-18-14(6-9-19-11-14)10-17-8-7-15-13(17)16-12-4-2-3-5-12/h7-8,12H,2-6,9-11H2,1H3,(H,15,16). The summed E-state index contributed by atoms with van der Waals surface area (Å²) < 4.78 is 13.4. The van der Waals surface area contributed by atoms with Gasteiger partial charge in [0.2, 0.25) is 5.95 Å². The van der Waals surface area contributed by atoms with Gasteiger partial charge in [0.25, 0.3) is 0 Å². The van der Waals surface area contributed by atoms with Gasteiger partial charge in [0, 0.05) is 38.6 Å². The molecule has 1 saturated carbocycles. The third-order valence-electron chi connectivity index (χ3n) is 4.36. The van der Waals surface area contributed by atoms with Crippen LogP contribution in [0.2, 0.25) is 0 Å². The lowest BCUT2D eigenvalue weighted by atomic mass is 10.0. The van der Waals surface area contributed by atoms with Gasteiger partial charge >= 0.3 is 0 Å². The smallest absolute Gasteiger partial charge is 0.203 e. The average molecular weight is 265 g/mol. The van der Waals surface area contributed by atoms with E-state index >= 15 is 0 Å². The number of nitrogens with zero attached hydrogens (tertiary/aromatic N) is 2. The van der Waals surface area contributed by atoms with Crippen LogP contribution in [0.1, 0.15) is 32.1 Å². The van der Waals surface area contributed by atoms with E-state index in [0.29, 0.717) is 12.6 Å². The maximum Gasteiger partial charge on any atom is 0.203 e. The number of hydrogen-bond donors (Lipinski definition) is 1. The second-order valence-corrected chi connectivity index (χ2v) is 5.69. The van der Waals surface area contributed by atoms with Crippen LogP contribution in [0.3, 0.4) is 0 Å². The van der Waals surface area contributed by atoms with Crippen molar-refractivity contribution < 1.29 is 9.47 Å². The molecular formula is C14H23N3O2. The summed E-state index contributed by atoms with van der Waals surface area (Å²) in [6.45, 7) is 2.26. The zero-order chi connectivity index (χ0) is 13.1. The second-order valence-electron chi connectivity index (χ2n) is 5.69. The summed E-state index contributed by atoms with van der Waals surface area (Å²) in [6, 6.07) is 0.583.